The van der Waals surface area contributed by atoms with Crippen LogP contribution in [-0.2, 0) is 0 Å². The Kier molecular flexibility index (Phi) is 5.83. The number of carbonyl (C=O) groups excluding carboxylic acids is 1. The molecule has 0 fully saturated rings. The standard InChI is InChI=1S/C18H20O4/c1-3-20-15-8-10-16(11-9-15)21-12-13-22-18-7-5-4-6-17(18)14(2)19/h4-11H,3,12-13H2,1-2H3. The quantitative estimate of drug-likeness (QED) is 0.550. The van der Waals surface area contributed by atoms with Crippen LogP contribution in [0.3, 0.4) is 0 Å². The normalized spacial score (nSPS) is 10.1. The lowest BCUT2D eigenvalue weighted by molar-refractivity contribution is 0.101. The van der Waals surface area contributed by atoms with Crippen LogP contribution in [-0.4, -0.2) is 25.6 Å². The number of ether oxygens (including phenoxy) is 3. The molecule has 2 aromatic carbocycles. The first-order valence-corrected chi connectivity index (χ1v) is 7.29. The summed E-state index contributed by atoms with van der Waals surface area (Å²) in [5.41, 5.74) is 0.587. The van der Waals surface area contributed by atoms with Gasteiger partial charge in [0.25, 0.3) is 0 Å². The maximum absolute atomic E-state index is 11.5. The molecule has 0 N–H and O–H groups in total. The summed E-state index contributed by atoms with van der Waals surface area (Å²) < 4.78 is 16.6. The lowest BCUT2D eigenvalue weighted by Crippen LogP contribution is -2.10. The third kappa shape index (κ3) is 4.52. The lowest BCUT2D eigenvalue weighted by atomic mass is 10.1. The van der Waals surface area contributed by atoms with Crippen molar-refractivity contribution in [2.75, 3.05) is 19.8 Å². The lowest BCUT2D eigenvalue weighted by Gasteiger charge is -2.11. The van der Waals surface area contributed by atoms with Crippen molar-refractivity contribution in [1.29, 1.82) is 0 Å². The molecule has 0 aliphatic rings. The van der Waals surface area contributed by atoms with Crippen molar-refractivity contribution in [3.63, 3.8) is 0 Å². The summed E-state index contributed by atoms with van der Waals surface area (Å²) in [7, 11) is 0. The molecule has 0 atom stereocenters. The fourth-order valence-electron chi connectivity index (χ4n) is 1.99. The third-order valence-corrected chi connectivity index (χ3v) is 3.01. The van der Waals surface area contributed by atoms with Crippen LogP contribution < -0.4 is 14.2 Å². The summed E-state index contributed by atoms with van der Waals surface area (Å²) >= 11 is 0. The van der Waals surface area contributed by atoms with E-state index in [0.29, 0.717) is 31.1 Å². The molecule has 0 saturated carbocycles. The van der Waals surface area contributed by atoms with Crippen LogP contribution in [0.4, 0.5) is 0 Å². The Morgan fingerprint density at radius 1 is 0.864 bits per heavy atom. The average Bonchev–Trinajstić information content (AvgIpc) is 2.53. The van der Waals surface area contributed by atoms with Gasteiger partial charge in [0.05, 0.1) is 12.2 Å². The molecule has 0 saturated heterocycles. The zero-order valence-electron chi connectivity index (χ0n) is 12.9. The van der Waals surface area contributed by atoms with Crippen LogP contribution in [0.25, 0.3) is 0 Å². The van der Waals surface area contributed by atoms with E-state index in [-0.39, 0.29) is 5.78 Å². The number of ketones is 1. The number of hydrogen-bond donors (Lipinski definition) is 0. The predicted molar refractivity (Wildman–Crippen MR) is 85.0 cm³/mol. The van der Waals surface area contributed by atoms with Gasteiger partial charge in [0.2, 0.25) is 0 Å². The summed E-state index contributed by atoms with van der Waals surface area (Å²) in [5, 5.41) is 0. The Morgan fingerprint density at radius 2 is 1.45 bits per heavy atom. The first kappa shape index (κ1) is 15.9. The number of para-hydroxylation sites is 1. The topological polar surface area (TPSA) is 44.8 Å². The van der Waals surface area contributed by atoms with Gasteiger partial charge in [-0.05, 0) is 50.2 Å². The Hall–Kier alpha value is -2.49. The zero-order chi connectivity index (χ0) is 15.8. The molecule has 0 aromatic heterocycles. The predicted octanol–water partition coefficient (Wildman–Crippen LogP) is 3.75. The van der Waals surface area contributed by atoms with E-state index in [1.807, 2.05) is 43.3 Å². The molecule has 0 radical (unpaired) electrons. The average molecular weight is 300 g/mol. The van der Waals surface area contributed by atoms with Gasteiger partial charge in [-0.1, -0.05) is 12.1 Å². The van der Waals surface area contributed by atoms with Gasteiger partial charge in [0.15, 0.2) is 5.78 Å². The molecule has 2 aromatic rings. The first-order valence-electron chi connectivity index (χ1n) is 7.29. The van der Waals surface area contributed by atoms with Crippen molar-refractivity contribution < 1.29 is 19.0 Å². The molecule has 0 aliphatic heterocycles. The minimum Gasteiger partial charge on any atom is -0.494 e. The Bertz CT molecular complexity index is 605. The number of rotatable bonds is 8. The summed E-state index contributed by atoms with van der Waals surface area (Å²) in [5.74, 6) is 2.15. The molecule has 0 unspecified atom stereocenters. The largest absolute Gasteiger partial charge is 0.494 e. The van der Waals surface area contributed by atoms with Gasteiger partial charge in [0.1, 0.15) is 30.5 Å². The molecule has 0 bridgehead atoms. The van der Waals surface area contributed by atoms with Crippen LogP contribution in [0, 0.1) is 0 Å². The molecule has 0 amide bonds. The van der Waals surface area contributed by atoms with Gasteiger partial charge >= 0.3 is 0 Å². The van der Waals surface area contributed by atoms with Crippen molar-refractivity contribution in [2.24, 2.45) is 0 Å². The number of carbonyl (C=O) groups is 1. The van der Waals surface area contributed by atoms with E-state index >= 15 is 0 Å². The smallest absolute Gasteiger partial charge is 0.163 e. The Balaban J connectivity index is 1.81. The van der Waals surface area contributed by atoms with E-state index < -0.39 is 0 Å². The van der Waals surface area contributed by atoms with E-state index in [9.17, 15) is 4.79 Å². The van der Waals surface area contributed by atoms with Crippen molar-refractivity contribution in [3.05, 3.63) is 54.1 Å². The Labute approximate surface area is 130 Å². The van der Waals surface area contributed by atoms with Gasteiger partial charge in [-0.25, -0.2) is 0 Å². The first-order chi connectivity index (χ1) is 10.7. The third-order valence-electron chi connectivity index (χ3n) is 3.01. The second-order valence-electron chi connectivity index (χ2n) is 4.65. The van der Waals surface area contributed by atoms with Crippen molar-refractivity contribution in [3.8, 4) is 17.2 Å². The molecule has 4 heteroatoms. The van der Waals surface area contributed by atoms with E-state index in [2.05, 4.69) is 0 Å². The van der Waals surface area contributed by atoms with Crippen LogP contribution in [0.2, 0.25) is 0 Å². The highest BCUT2D eigenvalue weighted by molar-refractivity contribution is 5.96. The van der Waals surface area contributed by atoms with Gasteiger partial charge < -0.3 is 14.2 Å². The highest BCUT2D eigenvalue weighted by atomic mass is 16.5. The molecule has 4 nitrogen and oxygen atoms in total. The molecule has 0 heterocycles. The van der Waals surface area contributed by atoms with Crippen molar-refractivity contribution in [2.45, 2.75) is 13.8 Å². The second-order valence-corrected chi connectivity index (χ2v) is 4.65. The fourth-order valence-corrected chi connectivity index (χ4v) is 1.99. The summed E-state index contributed by atoms with van der Waals surface area (Å²) in [4.78, 5) is 11.5. The molecule has 22 heavy (non-hydrogen) atoms. The van der Waals surface area contributed by atoms with Crippen molar-refractivity contribution >= 4 is 5.78 Å². The van der Waals surface area contributed by atoms with E-state index in [1.54, 1.807) is 12.1 Å². The van der Waals surface area contributed by atoms with Crippen LogP contribution in [0.15, 0.2) is 48.5 Å². The summed E-state index contributed by atoms with van der Waals surface area (Å²) in [6, 6.07) is 14.6. The van der Waals surface area contributed by atoms with Gasteiger partial charge in [0, 0.05) is 0 Å². The molecular formula is C18H20O4. The van der Waals surface area contributed by atoms with Gasteiger partial charge in [-0.3, -0.25) is 4.79 Å². The summed E-state index contributed by atoms with van der Waals surface area (Å²) in [6.07, 6.45) is 0. The van der Waals surface area contributed by atoms with E-state index in [1.165, 1.54) is 6.92 Å². The minimum absolute atomic E-state index is 0.0111. The van der Waals surface area contributed by atoms with Crippen LogP contribution >= 0.6 is 0 Å². The van der Waals surface area contributed by atoms with Crippen LogP contribution in [0.5, 0.6) is 17.2 Å². The zero-order valence-corrected chi connectivity index (χ0v) is 12.9. The molecule has 2 rings (SSSR count). The number of Topliss-reactive ketones (excluding diaryl/α,β-unsaturated/α-hetero) is 1. The van der Waals surface area contributed by atoms with E-state index in [4.69, 9.17) is 14.2 Å². The summed E-state index contributed by atoms with van der Waals surface area (Å²) in [6.45, 7) is 4.89. The molecule has 0 spiro atoms. The van der Waals surface area contributed by atoms with Gasteiger partial charge in [-0.2, -0.15) is 0 Å². The monoisotopic (exact) mass is 300 g/mol. The minimum atomic E-state index is -0.0111. The van der Waals surface area contributed by atoms with E-state index in [0.717, 1.165) is 11.5 Å². The van der Waals surface area contributed by atoms with Gasteiger partial charge in [-0.15, -0.1) is 0 Å². The number of benzene rings is 2. The maximum Gasteiger partial charge on any atom is 0.163 e. The maximum atomic E-state index is 11.5. The molecule has 116 valence electrons. The highest BCUT2D eigenvalue weighted by Gasteiger charge is 2.07. The number of hydrogen-bond acceptors (Lipinski definition) is 4. The second kappa shape index (κ2) is 8.08. The van der Waals surface area contributed by atoms with Crippen LogP contribution in [0.1, 0.15) is 24.2 Å². The highest BCUT2D eigenvalue weighted by Crippen LogP contribution is 2.19. The SMILES string of the molecule is CCOc1ccc(OCCOc2ccccc2C(C)=O)cc1. The molecule has 0 aliphatic carbocycles. The molecular weight excluding hydrogens is 280 g/mol. The van der Waals surface area contributed by atoms with Crippen molar-refractivity contribution in [1.82, 2.24) is 0 Å². The fraction of sp³-hybridized carbons (Fsp3) is 0.278. The Morgan fingerprint density at radius 3 is 2.09 bits per heavy atom.